The summed E-state index contributed by atoms with van der Waals surface area (Å²) in [5, 5.41) is 12.5. The average Bonchev–Trinajstić information content (AvgIpc) is 3.64. The van der Waals surface area contributed by atoms with Crippen LogP contribution in [-0.4, -0.2) is 38.0 Å². The third-order valence-electron chi connectivity index (χ3n) is 5.59. The van der Waals surface area contributed by atoms with E-state index >= 15 is 0 Å². The van der Waals surface area contributed by atoms with Gasteiger partial charge in [-0.25, -0.2) is 14.2 Å². The fourth-order valence-electron chi connectivity index (χ4n) is 3.86. The Kier molecular flexibility index (Phi) is 6.67. The molecule has 0 aliphatic rings. The summed E-state index contributed by atoms with van der Waals surface area (Å²) in [5.41, 5.74) is 2.83. The minimum atomic E-state index is -0.657. The van der Waals surface area contributed by atoms with Gasteiger partial charge in [0.25, 0.3) is 5.91 Å². The van der Waals surface area contributed by atoms with E-state index in [0.29, 0.717) is 22.8 Å². The van der Waals surface area contributed by atoms with Crippen molar-refractivity contribution < 1.29 is 18.7 Å². The van der Waals surface area contributed by atoms with E-state index in [1.54, 1.807) is 33.9 Å². The zero-order valence-corrected chi connectivity index (χ0v) is 20.4. The normalized spacial score (nSPS) is 11.4. The van der Waals surface area contributed by atoms with Crippen molar-refractivity contribution >= 4 is 34.7 Å². The smallest absolute Gasteiger partial charge is 0.331 e. The monoisotopic (exact) mass is 495 g/mol. The molecule has 2 aromatic carbocycles. The number of carbonyl (C=O) groups excluding carboxylic acids is 2. The number of rotatable bonds is 8. The lowest BCUT2D eigenvalue weighted by atomic mass is 10.2. The molecular formula is C28H25N5O4. The first kappa shape index (κ1) is 23.8. The molecule has 0 fully saturated rings. The quantitative estimate of drug-likeness (QED) is 0.233. The molecule has 0 unspecified atom stereocenters. The fraction of sp³-hybridized carbons (Fsp3) is 0.143. The maximum absolute atomic E-state index is 12.4. The Balaban J connectivity index is 1.33. The first-order valence-electron chi connectivity index (χ1n) is 11.8. The van der Waals surface area contributed by atoms with Crippen LogP contribution in [0.3, 0.4) is 0 Å². The van der Waals surface area contributed by atoms with Crippen LogP contribution in [0.5, 0.6) is 0 Å². The standard InChI is InChI=1S/C28H25N5O4/c1-19(2)33-25(14-15-29-33)30-26(34)18-36-27(35)13-12-21-17-32(22-9-4-3-5-10-22)31-28(21)24-16-20-8-6-7-11-23(20)37-24/h3-17,19H,18H2,1-2H3,(H,30,34)/b13-12-. The minimum absolute atomic E-state index is 0.0773. The molecular weight excluding hydrogens is 470 g/mol. The van der Waals surface area contributed by atoms with Crippen molar-refractivity contribution in [2.24, 2.45) is 0 Å². The van der Waals surface area contributed by atoms with Crippen molar-refractivity contribution in [3.05, 3.63) is 90.8 Å². The first-order valence-corrected chi connectivity index (χ1v) is 11.8. The van der Waals surface area contributed by atoms with Gasteiger partial charge in [0.15, 0.2) is 12.4 Å². The van der Waals surface area contributed by atoms with E-state index in [2.05, 4.69) is 10.4 Å². The minimum Gasteiger partial charge on any atom is -0.454 e. The molecule has 37 heavy (non-hydrogen) atoms. The lowest BCUT2D eigenvalue weighted by molar-refractivity contribution is -0.142. The Hall–Kier alpha value is -4.92. The topological polar surface area (TPSA) is 104 Å². The van der Waals surface area contributed by atoms with Gasteiger partial charge >= 0.3 is 5.97 Å². The van der Waals surface area contributed by atoms with Crippen molar-refractivity contribution in [2.45, 2.75) is 19.9 Å². The van der Waals surface area contributed by atoms with E-state index in [-0.39, 0.29) is 6.04 Å². The second-order valence-corrected chi connectivity index (χ2v) is 8.61. The summed E-state index contributed by atoms with van der Waals surface area (Å²) < 4.78 is 14.6. The van der Waals surface area contributed by atoms with E-state index < -0.39 is 18.5 Å². The van der Waals surface area contributed by atoms with Gasteiger partial charge in [0.1, 0.15) is 17.1 Å². The van der Waals surface area contributed by atoms with E-state index in [0.717, 1.165) is 16.7 Å². The third-order valence-corrected chi connectivity index (χ3v) is 5.59. The Morgan fingerprint density at radius 3 is 2.65 bits per heavy atom. The molecule has 0 saturated heterocycles. The van der Waals surface area contributed by atoms with Gasteiger partial charge in [-0.15, -0.1) is 0 Å². The van der Waals surface area contributed by atoms with Gasteiger partial charge < -0.3 is 14.5 Å². The van der Waals surface area contributed by atoms with Crippen molar-refractivity contribution in [1.29, 1.82) is 0 Å². The molecule has 0 bridgehead atoms. The van der Waals surface area contributed by atoms with Gasteiger partial charge in [0.05, 0.1) is 11.9 Å². The van der Waals surface area contributed by atoms with Crippen LogP contribution in [0.25, 0.3) is 34.2 Å². The Bertz CT molecular complexity index is 1540. The SMILES string of the molecule is CC(C)n1nccc1NC(=O)COC(=O)/C=C\c1cn(-c2ccccc2)nc1-c1cc2ccccc2o1. The maximum Gasteiger partial charge on any atom is 0.331 e. The van der Waals surface area contributed by atoms with E-state index in [1.807, 2.05) is 74.5 Å². The Labute approximate surface area is 213 Å². The number of anilines is 1. The van der Waals surface area contributed by atoms with Crippen LogP contribution < -0.4 is 5.32 Å². The highest BCUT2D eigenvalue weighted by Gasteiger charge is 2.16. The van der Waals surface area contributed by atoms with E-state index in [9.17, 15) is 9.59 Å². The number of para-hydroxylation sites is 2. The summed E-state index contributed by atoms with van der Waals surface area (Å²) in [6.07, 6.45) is 6.27. The van der Waals surface area contributed by atoms with Crippen molar-refractivity contribution in [2.75, 3.05) is 11.9 Å². The number of carbonyl (C=O) groups is 2. The number of aromatic nitrogens is 4. The molecule has 5 aromatic rings. The highest BCUT2D eigenvalue weighted by atomic mass is 16.5. The summed E-state index contributed by atoms with van der Waals surface area (Å²) in [6.45, 7) is 3.48. The van der Waals surface area contributed by atoms with Crippen LogP contribution in [0.4, 0.5) is 5.82 Å². The second-order valence-electron chi connectivity index (χ2n) is 8.61. The first-order chi connectivity index (χ1) is 18.0. The van der Waals surface area contributed by atoms with Crippen LogP contribution in [-0.2, 0) is 14.3 Å². The second kappa shape index (κ2) is 10.4. The zero-order chi connectivity index (χ0) is 25.8. The number of nitrogens with zero attached hydrogens (tertiary/aromatic N) is 4. The number of hydrogen-bond acceptors (Lipinski definition) is 6. The lowest BCUT2D eigenvalue weighted by Crippen LogP contribution is -2.22. The number of hydrogen-bond donors (Lipinski definition) is 1. The van der Waals surface area contributed by atoms with E-state index in [1.165, 1.54) is 6.08 Å². The summed E-state index contributed by atoms with van der Waals surface area (Å²) in [4.78, 5) is 24.7. The molecule has 0 aliphatic heterocycles. The number of ether oxygens (including phenoxy) is 1. The predicted molar refractivity (Wildman–Crippen MR) is 140 cm³/mol. The van der Waals surface area contributed by atoms with Gasteiger partial charge in [-0.2, -0.15) is 10.2 Å². The highest BCUT2D eigenvalue weighted by Crippen LogP contribution is 2.30. The van der Waals surface area contributed by atoms with Crippen molar-refractivity contribution in [1.82, 2.24) is 19.6 Å². The highest BCUT2D eigenvalue weighted by molar-refractivity contribution is 5.94. The van der Waals surface area contributed by atoms with Gasteiger partial charge in [-0.1, -0.05) is 36.4 Å². The third kappa shape index (κ3) is 5.35. The Morgan fingerprint density at radius 1 is 1.08 bits per heavy atom. The molecule has 0 radical (unpaired) electrons. The molecule has 0 saturated carbocycles. The summed E-state index contributed by atoms with van der Waals surface area (Å²) in [6, 6.07) is 21.0. The van der Waals surface area contributed by atoms with Gasteiger partial charge in [-0.3, -0.25) is 4.79 Å². The molecule has 9 nitrogen and oxygen atoms in total. The van der Waals surface area contributed by atoms with Crippen LogP contribution in [0.1, 0.15) is 25.5 Å². The number of amides is 1. The van der Waals surface area contributed by atoms with E-state index in [4.69, 9.17) is 14.3 Å². The molecule has 0 atom stereocenters. The van der Waals surface area contributed by atoms with Gasteiger partial charge in [-0.05, 0) is 44.2 Å². The molecule has 9 heteroatoms. The number of nitrogens with one attached hydrogen (secondary N) is 1. The molecule has 5 rings (SSSR count). The van der Waals surface area contributed by atoms with Gasteiger partial charge in [0.2, 0.25) is 0 Å². The van der Waals surface area contributed by atoms with Crippen molar-refractivity contribution in [3.63, 3.8) is 0 Å². The predicted octanol–water partition coefficient (Wildman–Crippen LogP) is 5.26. The summed E-state index contributed by atoms with van der Waals surface area (Å²) in [7, 11) is 0. The van der Waals surface area contributed by atoms with Crippen LogP contribution in [0.2, 0.25) is 0 Å². The fourth-order valence-corrected chi connectivity index (χ4v) is 3.86. The molecule has 3 aromatic heterocycles. The summed E-state index contributed by atoms with van der Waals surface area (Å²) >= 11 is 0. The molecule has 0 spiro atoms. The van der Waals surface area contributed by atoms with Crippen LogP contribution >= 0.6 is 0 Å². The zero-order valence-electron chi connectivity index (χ0n) is 20.4. The number of esters is 1. The lowest BCUT2D eigenvalue weighted by Gasteiger charge is -2.11. The molecule has 3 heterocycles. The molecule has 0 aliphatic carbocycles. The molecule has 1 amide bonds. The van der Waals surface area contributed by atoms with Crippen LogP contribution in [0.15, 0.2) is 89.6 Å². The number of furan rings is 1. The summed E-state index contributed by atoms with van der Waals surface area (Å²) in [5.74, 6) is -0.0000184. The molecule has 1 N–H and O–H groups in total. The van der Waals surface area contributed by atoms with Crippen LogP contribution in [0, 0.1) is 0 Å². The van der Waals surface area contributed by atoms with Crippen molar-refractivity contribution in [3.8, 4) is 17.1 Å². The number of benzene rings is 2. The Morgan fingerprint density at radius 2 is 1.86 bits per heavy atom. The maximum atomic E-state index is 12.4. The average molecular weight is 496 g/mol. The largest absolute Gasteiger partial charge is 0.454 e. The number of fused-ring (bicyclic) bond motifs is 1. The van der Waals surface area contributed by atoms with Gasteiger partial charge in [0, 0.05) is 35.3 Å². The molecule has 186 valence electrons.